The first-order valence-corrected chi connectivity index (χ1v) is 3.63. The third-order valence-corrected chi connectivity index (χ3v) is 1.75. The number of aliphatic hydroxyl groups excluding tert-OH is 3. The Balaban J connectivity index is 2.63. The van der Waals surface area contributed by atoms with Crippen molar-refractivity contribution in [1.82, 2.24) is 5.48 Å². The van der Waals surface area contributed by atoms with E-state index in [9.17, 15) is 10.2 Å². The molecular formula is C5H10N4O4. The SMILES string of the molecule is [N-]=[N+]=NC1NOC(CO)[C@@H](O)C1O. The first kappa shape index (κ1) is 10.2. The van der Waals surface area contributed by atoms with Crippen molar-refractivity contribution in [3.63, 3.8) is 0 Å². The van der Waals surface area contributed by atoms with Gasteiger partial charge >= 0.3 is 0 Å². The van der Waals surface area contributed by atoms with Gasteiger partial charge in [0, 0.05) is 4.91 Å². The van der Waals surface area contributed by atoms with Gasteiger partial charge in [0.15, 0.2) is 0 Å². The summed E-state index contributed by atoms with van der Waals surface area (Å²) in [6, 6.07) is 0. The summed E-state index contributed by atoms with van der Waals surface area (Å²) in [6.07, 6.45) is -4.52. The van der Waals surface area contributed by atoms with Gasteiger partial charge in [-0.3, -0.25) is 4.84 Å². The summed E-state index contributed by atoms with van der Waals surface area (Å²) in [6.45, 7) is -0.436. The second kappa shape index (κ2) is 4.38. The summed E-state index contributed by atoms with van der Waals surface area (Å²) < 4.78 is 0. The molecular weight excluding hydrogens is 180 g/mol. The minimum absolute atomic E-state index is 0.436. The van der Waals surface area contributed by atoms with Crippen molar-refractivity contribution in [2.45, 2.75) is 24.5 Å². The molecule has 8 nitrogen and oxygen atoms in total. The van der Waals surface area contributed by atoms with Crippen molar-refractivity contribution >= 4 is 0 Å². The van der Waals surface area contributed by atoms with Crippen LogP contribution in [0.1, 0.15) is 0 Å². The summed E-state index contributed by atoms with van der Waals surface area (Å²) in [5.41, 5.74) is 10.3. The van der Waals surface area contributed by atoms with Gasteiger partial charge < -0.3 is 15.3 Å². The molecule has 1 rings (SSSR count). The normalized spacial score (nSPS) is 39.6. The van der Waals surface area contributed by atoms with Crippen LogP contribution in [0.2, 0.25) is 0 Å². The molecule has 4 atom stereocenters. The van der Waals surface area contributed by atoms with Crippen molar-refractivity contribution in [1.29, 1.82) is 0 Å². The van der Waals surface area contributed by atoms with E-state index < -0.39 is 31.1 Å². The lowest BCUT2D eigenvalue weighted by atomic mass is 10.1. The van der Waals surface area contributed by atoms with Crippen LogP contribution in [0.25, 0.3) is 10.4 Å². The van der Waals surface area contributed by atoms with Crippen molar-refractivity contribution in [2.24, 2.45) is 5.11 Å². The summed E-state index contributed by atoms with van der Waals surface area (Å²) in [5.74, 6) is 0. The predicted molar refractivity (Wildman–Crippen MR) is 40.0 cm³/mol. The van der Waals surface area contributed by atoms with Crippen LogP contribution in [0, 0.1) is 0 Å². The van der Waals surface area contributed by atoms with Gasteiger partial charge in [-0.05, 0) is 5.53 Å². The number of rotatable bonds is 2. The van der Waals surface area contributed by atoms with Crippen LogP contribution in [-0.4, -0.2) is 46.4 Å². The van der Waals surface area contributed by atoms with E-state index in [0.29, 0.717) is 0 Å². The predicted octanol–water partition coefficient (Wildman–Crippen LogP) is -1.76. The zero-order chi connectivity index (χ0) is 9.84. The van der Waals surface area contributed by atoms with Crippen molar-refractivity contribution in [3.8, 4) is 0 Å². The highest BCUT2D eigenvalue weighted by atomic mass is 16.7. The number of hydroxylamine groups is 1. The third kappa shape index (κ3) is 2.07. The lowest BCUT2D eigenvalue weighted by molar-refractivity contribution is -0.201. The lowest BCUT2D eigenvalue weighted by Crippen LogP contribution is -2.58. The number of nitrogens with one attached hydrogen (secondary N) is 1. The molecule has 1 heterocycles. The quantitative estimate of drug-likeness (QED) is 0.233. The van der Waals surface area contributed by atoms with Crippen molar-refractivity contribution in [3.05, 3.63) is 10.4 Å². The fourth-order valence-corrected chi connectivity index (χ4v) is 0.996. The molecule has 8 heteroatoms. The monoisotopic (exact) mass is 190 g/mol. The van der Waals surface area contributed by atoms with Gasteiger partial charge in [-0.15, -0.1) is 0 Å². The Morgan fingerprint density at radius 3 is 2.69 bits per heavy atom. The molecule has 0 amide bonds. The minimum Gasteiger partial charge on any atom is -0.393 e. The average molecular weight is 190 g/mol. The van der Waals surface area contributed by atoms with E-state index in [2.05, 4.69) is 15.5 Å². The van der Waals surface area contributed by atoms with E-state index in [1.165, 1.54) is 0 Å². The highest BCUT2D eigenvalue weighted by Crippen LogP contribution is 2.13. The van der Waals surface area contributed by atoms with Gasteiger partial charge in [-0.1, -0.05) is 5.11 Å². The maximum Gasteiger partial charge on any atom is 0.139 e. The zero-order valence-corrected chi connectivity index (χ0v) is 6.61. The molecule has 0 aromatic carbocycles. The number of nitrogens with zero attached hydrogens (tertiary/aromatic N) is 3. The molecule has 1 aliphatic rings. The van der Waals surface area contributed by atoms with Crippen LogP contribution in [-0.2, 0) is 4.84 Å². The van der Waals surface area contributed by atoms with E-state index in [1.54, 1.807) is 0 Å². The second-order valence-electron chi connectivity index (χ2n) is 2.59. The number of hydrogen-bond acceptors (Lipinski definition) is 6. The van der Waals surface area contributed by atoms with Gasteiger partial charge in [0.25, 0.3) is 0 Å². The molecule has 0 aliphatic carbocycles. The van der Waals surface area contributed by atoms with Crippen LogP contribution in [0.3, 0.4) is 0 Å². The highest BCUT2D eigenvalue weighted by molar-refractivity contribution is 4.86. The van der Waals surface area contributed by atoms with Gasteiger partial charge in [0.05, 0.1) is 6.61 Å². The van der Waals surface area contributed by atoms with Crippen LogP contribution < -0.4 is 5.48 Å². The van der Waals surface area contributed by atoms with E-state index in [4.69, 9.17) is 15.5 Å². The van der Waals surface area contributed by atoms with Crippen molar-refractivity contribution < 1.29 is 20.2 Å². The lowest BCUT2D eigenvalue weighted by Gasteiger charge is -2.34. The van der Waals surface area contributed by atoms with E-state index in [0.717, 1.165) is 0 Å². The first-order chi connectivity index (χ1) is 6.20. The Hall–Kier alpha value is -0.890. The van der Waals surface area contributed by atoms with E-state index in [-0.39, 0.29) is 0 Å². The van der Waals surface area contributed by atoms with Crippen LogP contribution >= 0.6 is 0 Å². The molecule has 4 N–H and O–H groups in total. The minimum atomic E-state index is -1.29. The summed E-state index contributed by atoms with van der Waals surface area (Å²) in [4.78, 5) is 7.14. The van der Waals surface area contributed by atoms with E-state index in [1.807, 2.05) is 0 Å². The van der Waals surface area contributed by atoms with Crippen LogP contribution in [0.5, 0.6) is 0 Å². The molecule has 0 radical (unpaired) electrons. The maximum absolute atomic E-state index is 9.30. The van der Waals surface area contributed by atoms with Crippen LogP contribution in [0.15, 0.2) is 5.11 Å². The van der Waals surface area contributed by atoms with Gasteiger partial charge in [-0.25, -0.2) is 0 Å². The second-order valence-corrected chi connectivity index (χ2v) is 2.59. The molecule has 0 aromatic heterocycles. The Morgan fingerprint density at radius 1 is 1.46 bits per heavy atom. The van der Waals surface area contributed by atoms with Crippen LogP contribution in [0.4, 0.5) is 0 Å². The van der Waals surface area contributed by atoms with Crippen molar-refractivity contribution in [2.75, 3.05) is 6.61 Å². The number of hydrogen-bond donors (Lipinski definition) is 4. The molecule has 0 saturated carbocycles. The Kier molecular flexibility index (Phi) is 3.43. The smallest absolute Gasteiger partial charge is 0.139 e. The summed E-state index contributed by atoms with van der Waals surface area (Å²) in [7, 11) is 0. The number of aliphatic hydroxyl groups is 3. The molecule has 74 valence electrons. The van der Waals surface area contributed by atoms with Gasteiger partial charge in [0.1, 0.15) is 24.5 Å². The fourth-order valence-electron chi connectivity index (χ4n) is 0.996. The molecule has 0 spiro atoms. The van der Waals surface area contributed by atoms with Gasteiger partial charge in [0.2, 0.25) is 0 Å². The molecule has 1 fully saturated rings. The van der Waals surface area contributed by atoms with E-state index >= 15 is 0 Å². The summed E-state index contributed by atoms with van der Waals surface area (Å²) in [5, 5.41) is 30.4. The third-order valence-electron chi connectivity index (χ3n) is 1.75. The molecule has 0 bridgehead atoms. The summed E-state index contributed by atoms with van der Waals surface area (Å²) >= 11 is 0. The fraction of sp³-hybridized carbons (Fsp3) is 1.00. The standard InChI is InChI=1S/C5H10N4O4/c6-9-7-5-4(12)3(11)2(1-10)13-8-5/h2-5,8,10-12H,1H2/t2?,3-,4?,5?/m1/s1. The van der Waals surface area contributed by atoms with Gasteiger partial charge in [-0.2, -0.15) is 5.48 Å². The Labute approximate surface area is 73.3 Å². The molecule has 13 heavy (non-hydrogen) atoms. The first-order valence-electron chi connectivity index (χ1n) is 3.63. The molecule has 3 unspecified atom stereocenters. The topological polar surface area (TPSA) is 131 Å². The maximum atomic E-state index is 9.30. The molecule has 1 aliphatic heterocycles. The molecule has 0 aromatic rings. The average Bonchev–Trinajstić information content (AvgIpc) is 2.14. The number of azide groups is 1. The Bertz CT molecular complexity index is 219. The molecule has 1 saturated heterocycles. The highest BCUT2D eigenvalue weighted by Gasteiger charge is 2.37. The Morgan fingerprint density at radius 2 is 2.15 bits per heavy atom. The largest absolute Gasteiger partial charge is 0.393 e. The zero-order valence-electron chi connectivity index (χ0n) is 6.61.